The van der Waals surface area contributed by atoms with Crippen LogP contribution in [0.1, 0.15) is 10.4 Å². The maximum Gasteiger partial charge on any atom is 0.257 e. The van der Waals surface area contributed by atoms with Gasteiger partial charge < -0.3 is 14.7 Å². The molecule has 0 aliphatic heterocycles. The molecule has 0 fully saturated rings. The number of rotatable bonds is 5. The lowest BCUT2D eigenvalue weighted by atomic mass is 10.2. The van der Waals surface area contributed by atoms with Gasteiger partial charge >= 0.3 is 0 Å². The minimum absolute atomic E-state index is 0.0374. The van der Waals surface area contributed by atoms with Crippen LogP contribution in [0.3, 0.4) is 0 Å². The molecule has 1 unspecified atom stereocenters. The number of methoxy groups -OCH3 is 1. The van der Waals surface area contributed by atoms with Crippen molar-refractivity contribution in [2.75, 3.05) is 27.3 Å². The summed E-state index contributed by atoms with van der Waals surface area (Å²) in [6.07, 6.45) is -0.797. The summed E-state index contributed by atoms with van der Waals surface area (Å²) in [6.45, 7) is 0.198. The van der Waals surface area contributed by atoms with E-state index in [0.29, 0.717) is 4.47 Å². The first-order valence-electron chi connectivity index (χ1n) is 5.33. The van der Waals surface area contributed by atoms with Crippen LogP contribution in [0.15, 0.2) is 22.7 Å². The highest BCUT2D eigenvalue weighted by Gasteiger charge is 2.20. The lowest BCUT2D eigenvalue weighted by Crippen LogP contribution is -2.36. The summed E-state index contributed by atoms with van der Waals surface area (Å²) in [5.41, 5.74) is -0.0374. The van der Waals surface area contributed by atoms with Crippen LogP contribution in [0.4, 0.5) is 4.39 Å². The van der Waals surface area contributed by atoms with Gasteiger partial charge in [-0.05, 0) is 28.1 Å². The van der Waals surface area contributed by atoms with E-state index in [4.69, 9.17) is 4.74 Å². The number of nitrogens with zero attached hydrogens (tertiary/aromatic N) is 1. The number of ether oxygens (including phenoxy) is 1. The highest BCUT2D eigenvalue weighted by atomic mass is 79.9. The predicted molar refractivity (Wildman–Crippen MR) is 68.9 cm³/mol. The number of hydrogen-bond donors (Lipinski definition) is 1. The number of benzene rings is 1. The Kier molecular flexibility index (Phi) is 5.71. The molecule has 0 heterocycles. The number of amides is 1. The van der Waals surface area contributed by atoms with Gasteiger partial charge in [-0.3, -0.25) is 4.79 Å². The fourth-order valence-corrected chi connectivity index (χ4v) is 2.05. The highest BCUT2D eigenvalue weighted by molar-refractivity contribution is 9.10. The monoisotopic (exact) mass is 319 g/mol. The van der Waals surface area contributed by atoms with Gasteiger partial charge in [-0.1, -0.05) is 6.07 Å². The number of likely N-dealkylation sites (N-methyl/N-ethyl adjacent to an activating group) is 1. The van der Waals surface area contributed by atoms with E-state index in [-0.39, 0.29) is 18.7 Å². The first-order valence-corrected chi connectivity index (χ1v) is 6.13. The minimum Gasteiger partial charge on any atom is -0.389 e. The molecule has 6 heteroatoms. The molecule has 0 bridgehead atoms. The first kappa shape index (κ1) is 15.1. The van der Waals surface area contributed by atoms with E-state index >= 15 is 0 Å². The molecule has 1 N–H and O–H groups in total. The molecule has 0 aliphatic carbocycles. The first-order chi connectivity index (χ1) is 8.47. The van der Waals surface area contributed by atoms with Crippen molar-refractivity contribution in [2.45, 2.75) is 6.10 Å². The molecular weight excluding hydrogens is 305 g/mol. The smallest absolute Gasteiger partial charge is 0.257 e. The number of carbonyl (C=O) groups excluding carboxylic acids is 1. The molecule has 1 rings (SSSR count). The maximum absolute atomic E-state index is 13.6. The molecular formula is C12H15BrFNO3. The van der Waals surface area contributed by atoms with Crippen molar-refractivity contribution in [1.82, 2.24) is 4.90 Å². The molecule has 1 atom stereocenters. The van der Waals surface area contributed by atoms with Crippen LogP contribution < -0.4 is 0 Å². The predicted octanol–water partition coefficient (Wildman–Crippen LogP) is 1.67. The Morgan fingerprint density at radius 3 is 2.83 bits per heavy atom. The van der Waals surface area contributed by atoms with Gasteiger partial charge in [0.15, 0.2) is 0 Å². The van der Waals surface area contributed by atoms with Crippen LogP contribution in [0, 0.1) is 5.82 Å². The molecule has 0 saturated heterocycles. The summed E-state index contributed by atoms with van der Waals surface area (Å²) in [5, 5.41) is 9.53. The second-order valence-electron chi connectivity index (χ2n) is 3.89. The molecule has 1 amide bonds. The third-order valence-electron chi connectivity index (χ3n) is 2.37. The van der Waals surface area contributed by atoms with Crippen molar-refractivity contribution in [3.63, 3.8) is 0 Å². The van der Waals surface area contributed by atoms with Crippen molar-refractivity contribution in [3.8, 4) is 0 Å². The van der Waals surface area contributed by atoms with Gasteiger partial charge in [0.05, 0.1) is 18.3 Å². The number of halogens is 2. The summed E-state index contributed by atoms with van der Waals surface area (Å²) in [5.74, 6) is -1.09. The Bertz CT molecular complexity index is 408. The van der Waals surface area contributed by atoms with Crippen molar-refractivity contribution >= 4 is 21.8 Å². The van der Waals surface area contributed by atoms with Crippen molar-refractivity contribution in [2.24, 2.45) is 0 Å². The SMILES string of the molecule is COCC(O)CN(C)C(=O)c1c(F)cccc1Br. The third kappa shape index (κ3) is 3.76. The van der Waals surface area contributed by atoms with Gasteiger partial charge in [0, 0.05) is 25.2 Å². The topological polar surface area (TPSA) is 49.8 Å². The zero-order valence-corrected chi connectivity index (χ0v) is 11.8. The van der Waals surface area contributed by atoms with Gasteiger partial charge in [0.25, 0.3) is 5.91 Å². The summed E-state index contributed by atoms with van der Waals surface area (Å²) < 4.78 is 18.7. The van der Waals surface area contributed by atoms with E-state index < -0.39 is 17.8 Å². The van der Waals surface area contributed by atoms with Crippen molar-refractivity contribution in [1.29, 1.82) is 0 Å². The Morgan fingerprint density at radius 1 is 1.61 bits per heavy atom. The van der Waals surface area contributed by atoms with E-state index in [1.54, 1.807) is 6.07 Å². The van der Waals surface area contributed by atoms with Crippen molar-refractivity contribution < 1.29 is 19.0 Å². The summed E-state index contributed by atoms with van der Waals surface area (Å²) in [7, 11) is 2.96. The number of aliphatic hydroxyl groups is 1. The molecule has 4 nitrogen and oxygen atoms in total. The summed E-state index contributed by atoms with van der Waals surface area (Å²) in [4.78, 5) is 13.3. The van der Waals surface area contributed by atoms with Gasteiger partial charge in [-0.2, -0.15) is 0 Å². The number of hydrogen-bond acceptors (Lipinski definition) is 3. The maximum atomic E-state index is 13.6. The van der Waals surface area contributed by atoms with Crippen molar-refractivity contribution in [3.05, 3.63) is 34.1 Å². The van der Waals surface area contributed by atoms with E-state index in [0.717, 1.165) is 0 Å². The molecule has 1 aromatic rings. The van der Waals surface area contributed by atoms with E-state index in [1.165, 1.54) is 31.2 Å². The fraction of sp³-hybridized carbons (Fsp3) is 0.417. The van der Waals surface area contributed by atoms with Gasteiger partial charge in [0.2, 0.25) is 0 Å². The summed E-state index contributed by atoms with van der Waals surface area (Å²) >= 11 is 3.14. The Hall–Kier alpha value is -0.980. The lowest BCUT2D eigenvalue weighted by molar-refractivity contribution is 0.0378. The van der Waals surface area contributed by atoms with Crippen LogP contribution in [0.2, 0.25) is 0 Å². The number of aliphatic hydroxyl groups excluding tert-OH is 1. The molecule has 0 radical (unpaired) electrons. The van der Waals surface area contributed by atoms with Gasteiger partial charge in [-0.15, -0.1) is 0 Å². The third-order valence-corrected chi connectivity index (χ3v) is 3.03. The minimum atomic E-state index is -0.797. The van der Waals surface area contributed by atoms with Crippen LogP contribution in [0.5, 0.6) is 0 Å². The largest absolute Gasteiger partial charge is 0.389 e. The standard InChI is InChI=1S/C12H15BrFNO3/c1-15(6-8(16)7-18-2)12(17)11-9(13)4-3-5-10(11)14/h3-5,8,16H,6-7H2,1-2H3. The van der Waals surface area contributed by atoms with E-state index in [1.807, 2.05) is 0 Å². The average molecular weight is 320 g/mol. The van der Waals surface area contributed by atoms with E-state index in [9.17, 15) is 14.3 Å². The van der Waals surface area contributed by atoms with Gasteiger partial charge in [0.1, 0.15) is 5.82 Å². The van der Waals surface area contributed by atoms with Gasteiger partial charge in [-0.25, -0.2) is 4.39 Å². The quantitative estimate of drug-likeness (QED) is 0.898. The van der Waals surface area contributed by atoms with Crippen LogP contribution in [-0.4, -0.2) is 49.3 Å². The second-order valence-corrected chi connectivity index (χ2v) is 4.75. The van der Waals surface area contributed by atoms with Crippen LogP contribution >= 0.6 is 15.9 Å². The normalized spacial score (nSPS) is 12.3. The second kappa shape index (κ2) is 6.82. The van der Waals surface area contributed by atoms with Crippen LogP contribution in [0.25, 0.3) is 0 Å². The molecule has 0 saturated carbocycles. The molecule has 0 aliphatic rings. The molecule has 1 aromatic carbocycles. The number of carbonyl (C=O) groups is 1. The molecule has 0 spiro atoms. The summed E-state index contributed by atoms with van der Waals surface area (Å²) in [6, 6.07) is 4.32. The Morgan fingerprint density at radius 2 is 2.28 bits per heavy atom. The zero-order chi connectivity index (χ0) is 13.7. The fourth-order valence-electron chi connectivity index (χ4n) is 1.54. The average Bonchev–Trinajstić information content (AvgIpc) is 2.28. The zero-order valence-electron chi connectivity index (χ0n) is 10.2. The van der Waals surface area contributed by atoms with Crippen LogP contribution in [-0.2, 0) is 4.74 Å². The van der Waals surface area contributed by atoms with E-state index in [2.05, 4.69) is 15.9 Å². The Labute approximate surface area is 113 Å². The highest BCUT2D eigenvalue weighted by Crippen LogP contribution is 2.21. The lowest BCUT2D eigenvalue weighted by Gasteiger charge is -2.21. The Balaban J connectivity index is 2.81. The molecule has 100 valence electrons. The molecule has 18 heavy (non-hydrogen) atoms. The molecule has 0 aromatic heterocycles.